The molecule has 0 saturated carbocycles. The van der Waals surface area contributed by atoms with Crippen molar-refractivity contribution in [1.82, 2.24) is 0 Å². The molecule has 0 spiro atoms. The number of sulfone groups is 1. The zero-order valence-electron chi connectivity index (χ0n) is 18.5. The van der Waals surface area contributed by atoms with E-state index in [4.69, 9.17) is 0 Å². The monoisotopic (exact) mass is 463 g/mol. The number of benzene rings is 3. The van der Waals surface area contributed by atoms with E-state index in [9.17, 15) is 13.2 Å². The van der Waals surface area contributed by atoms with Gasteiger partial charge in [0, 0.05) is 4.90 Å². The van der Waals surface area contributed by atoms with E-state index in [1.807, 2.05) is 64.1 Å². The third-order valence-electron chi connectivity index (χ3n) is 5.69. The number of aryl methyl sites for hydroxylation is 4. The van der Waals surface area contributed by atoms with Crippen molar-refractivity contribution in [3.05, 3.63) is 92.9 Å². The van der Waals surface area contributed by atoms with Crippen LogP contribution in [0.4, 0.5) is 5.69 Å². The summed E-state index contributed by atoms with van der Waals surface area (Å²) in [7, 11) is -3.56. The smallest absolute Gasteiger partial charge is 0.262 e. The molecule has 0 unspecified atom stereocenters. The number of amides is 1. The van der Waals surface area contributed by atoms with Crippen LogP contribution in [-0.4, -0.2) is 14.3 Å². The average molecular weight is 464 g/mol. The maximum atomic E-state index is 13.1. The van der Waals surface area contributed by atoms with Gasteiger partial charge >= 0.3 is 0 Å². The summed E-state index contributed by atoms with van der Waals surface area (Å²) >= 11 is 1.36. The van der Waals surface area contributed by atoms with Crippen molar-refractivity contribution in [1.29, 1.82) is 0 Å². The minimum atomic E-state index is -3.56. The van der Waals surface area contributed by atoms with Crippen LogP contribution in [-0.2, 0) is 20.4 Å². The molecule has 1 aliphatic rings. The Labute approximate surface area is 193 Å². The van der Waals surface area contributed by atoms with Gasteiger partial charge in [-0.25, -0.2) is 8.42 Å². The van der Waals surface area contributed by atoms with Gasteiger partial charge < -0.3 is 5.32 Å². The van der Waals surface area contributed by atoms with Gasteiger partial charge in [0.05, 0.1) is 21.2 Å². The first-order chi connectivity index (χ1) is 15.1. The van der Waals surface area contributed by atoms with E-state index in [1.54, 1.807) is 18.2 Å². The molecule has 0 radical (unpaired) electrons. The van der Waals surface area contributed by atoms with Crippen LogP contribution in [0.5, 0.6) is 0 Å². The lowest BCUT2D eigenvalue weighted by atomic mass is 10.1. The van der Waals surface area contributed by atoms with Gasteiger partial charge in [0.25, 0.3) is 5.91 Å². The number of nitrogens with one attached hydrogen (secondary N) is 1. The Hall–Kier alpha value is -2.83. The Bertz CT molecular complexity index is 1350. The van der Waals surface area contributed by atoms with Crippen LogP contribution in [0.3, 0.4) is 0 Å². The molecule has 32 heavy (non-hydrogen) atoms. The zero-order chi connectivity index (χ0) is 23.0. The van der Waals surface area contributed by atoms with Gasteiger partial charge in [-0.05, 0) is 79.8 Å². The van der Waals surface area contributed by atoms with Crippen molar-refractivity contribution in [3.8, 4) is 0 Å². The molecule has 0 atom stereocenters. The summed E-state index contributed by atoms with van der Waals surface area (Å²) in [6.07, 6.45) is 1.88. The second kappa shape index (κ2) is 8.60. The van der Waals surface area contributed by atoms with Crippen molar-refractivity contribution in [2.45, 2.75) is 43.2 Å². The fraction of sp³-hybridized carbons (Fsp3) is 0.192. The Balaban J connectivity index is 1.63. The fourth-order valence-electron chi connectivity index (χ4n) is 3.81. The molecule has 3 aromatic rings. The second-order valence-corrected chi connectivity index (χ2v) is 11.3. The van der Waals surface area contributed by atoms with E-state index < -0.39 is 9.84 Å². The molecule has 6 heteroatoms. The molecule has 0 saturated heterocycles. The van der Waals surface area contributed by atoms with E-state index >= 15 is 0 Å². The lowest BCUT2D eigenvalue weighted by Crippen LogP contribution is -2.18. The van der Waals surface area contributed by atoms with Crippen LogP contribution in [0.25, 0.3) is 6.08 Å². The normalized spacial score (nSPS) is 14.9. The van der Waals surface area contributed by atoms with E-state index in [0.29, 0.717) is 10.6 Å². The highest BCUT2D eigenvalue weighted by atomic mass is 32.2. The topological polar surface area (TPSA) is 63.2 Å². The maximum absolute atomic E-state index is 13.1. The van der Waals surface area contributed by atoms with Crippen LogP contribution in [0.2, 0.25) is 0 Å². The van der Waals surface area contributed by atoms with Gasteiger partial charge in [-0.1, -0.05) is 53.7 Å². The Kier molecular flexibility index (Phi) is 6.01. The number of thioether (sulfide) groups is 1. The molecular formula is C26H25NO3S2. The van der Waals surface area contributed by atoms with Gasteiger partial charge in [-0.15, -0.1) is 0 Å². The third kappa shape index (κ3) is 4.52. The lowest BCUT2D eigenvalue weighted by molar-refractivity contribution is -0.112. The van der Waals surface area contributed by atoms with Crippen LogP contribution in [0.15, 0.2) is 69.3 Å². The summed E-state index contributed by atoms with van der Waals surface area (Å²) in [5.74, 6) is -0.296. The Morgan fingerprint density at radius 3 is 2.31 bits per heavy atom. The standard InChI is InChI=1S/C26H25NO3S2/c1-16-8-9-20(19(4)12-16)13-25-26(28)27-23-14-21(10-11-24(23)31-25)32(29,30)15-22-17(2)6-5-7-18(22)3/h5-14H,15H2,1-4H3,(H,27,28)/b25-13-. The van der Waals surface area contributed by atoms with Crippen molar-refractivity contribution >= 4 is 39.3 Å². The largest absolute Gasteiger partial charge is 0.320 e. The summed E-state index contributed by atoms with van der Waals surface area (Å²) in [5.41, 5.74) is 6.52. The van der Waals surface area contributed by atoms with Crippen molar-refractivity contribution in [2.24, 2.45) is 0 Å². The molecule has 0 bridgehead atoms. The highest BCUT2D eigenvalue weighted by Gasteiger charge is 2.25. The van der Waals surface area contributed by atoms with Crippen molar-refractivity contribution in [3.63, 3.8) is 0 Å². The highest BCUT2D eigenvalue weighted by molar-refractivity contribution is 8.04. The summed E-state index contributed by atoms with van der Waals surface area (Å²) in [5, 5.41) is 2.87. The number of carbonyl (C=O) groups is 1. The fourth-order valence-corrected chi connectivity index (χ4v) is 6.31. The number of fused-ring (bicyclic) bond motifs is 1. The average Bonchev–Trinajstić information content (AvgIpc) is 2.73. The first kappa shape index (κ1) is 22.4. The number of hydrogen-bond acceptors (Lipinski definition) is 4. The molecule has 4 nitrogen and oxygen atoms in total. The number of rotatable bonds is 4. The van der Waals surface area contributed by atoms with E-state index in [1.165, 1.54) is 17.3 Å². The SMILES string of the molecule is Cc1ccc(/C=C2\Sc3ccc(S(=O)(=O)Cc4c(C)cccc4C)cc3NC2=O)c(C)c1. The summed E-state index contributed by atoms with van der Waals surface area (Å²) in [6.45, 7) is 7.90. The molecule has 0 aliphatic carbocycles. The van der Waals surface area contributed by atoms with Crippen LogP contribution in [0.1, 0.15) is 33.4 Å². The summed E-state index contributed by atoms with van der Waals surface area (Å²) in [4.78, 5) is 14.3. The van der Waals surface area contributed by atoms with Crippen LogP contribution < -0.4 is 5.32 Å². The highest BCUT2D eigenvalue weighted by Crippen LogP contribution is 2.40. The summed E-state index contributed by atoms with van der Waals surface area (Å²) in [6, 6.07) is 16.8. The minimum absolute atomic E-state index is 0.0662. The first-order valence-corrected chi connectivity index (χ1v) is 12.8. The van der Waals surface area contributed by atoms with Gasteiger partial charge in [-0.2, -0.15) is 0 Å². The molecule has 4 rings (SSSR count). The van der Waals surface area contributed by atoms with Gasteiger partial charge in [-0.3, -0.25) is 4.79 Å². The summed E-state index contributed by atoms with van der Waals surface area (Å²) < 4.78 is 26.2. The van der Waals surface area contributed by atoms with Crippen LogP contribution in [0, 0.1) is 27.7 Å². The number of carbonyl (C=O) groups excluding carboxylic acids is 1. The molecule has 1 amide bonds. The van der Waals surface area contributed by atoms with Crippen LogP contribution >= 0.6 is 11.8 Å². The van der Waals surface area contributed by atoms with Gasteiger partial charge in [0.1, 0.15) is 0 Å². The lowest BCUT2D eigenvalue weighted by Gasteiger charge is -2.20. The molecule has 3 aromatic carbocycles. The van der Waals surface area contributed by atoms with Crippen molar-refractivity contribution in [2.75, 3.05) is 5.32 Å². The molecule has 1 heterocycles. The van der Waals surface area contributed by atoms with Gasteiger partial charge in [0.2, 0.25) is 0 Å². The molecule has 164 valence electrons. The maximum Gasteiger partial charge on any atom is 0.262 e. The van der Waals surface area contributed by atoms with Crippen molar-refractivity contribution < 1.29 is 13.2 Å². The third-order valence-corrected chi connectivity index (χ3v) is 8.43. The molecule has 1 aliphatic heterocycles. The van der Waals surface area contributed by atoms with E-state index in [2.05, 4.69) is 11.4 Å². The Morgan fingerprint density at radius 1 is 0.906 bits per heavy atom. The predicted octanol–water partition coefficient (Wildman–Crippen LogP) is 5.98. The Morgan fingerprint density at radius 2 is 1.62 bits per heavy atom. The molecule has 0 fully saturated rings. The van der Waals surface area contributed by atoms with Gasteiger partial charge in [0.15, 0.2) is 9.84 Å². The first-order valence-electron chi connectivity index (χ1n) is 10.3. The van der Waals surface area contributed by atoms with E-state index in [-0.39, 0.29) is 16.6 Å². The minimum Gasteiger partial charge on any atom is -0.320 e. The van der Waals surface area contributed by atoms with E-state index in [0.717, 1.165) is 32.7 Å². The second-order valence-electron chi connectivity index (χ2n) is 8.21. The molecule has 0 aromatic heterocycles. The molecular weight excluding hydrogens is 438 g/mol. The number of anilines is 1. The predicted molar refractivity (Wildman–Crippen MR) is 132 cm³/mol. The quantitative estimate of drug-likeness (QED) is 0.484. The zero-order valence-corrected chi connectivity index (χ0v) is 20.2. The number of hydrogen-bond donors (Lipinski definition) is 1. The molecule has 1 N–H and O–H groups in total.